The zero-order valence-corrected chi connectivity index (χ0v) is 24.0. The number of sulfonamides is 1. The first kappa shape index (κ1) is 29.2. The Labute approximate surface area is 235 Å². The summed E-state index contributed by atoms with van der Waals surface area (Å²) in [5, 5.41) is 0. The van der Waals surface area contributed by atoms with Crippen LogP contribution in [0.5, 0.6) is 5.75 Å². The fourth-order valence-electron chi connectivity index (χ4n) is 4.19. The number of piperazine rings is 1. The van der Waals surface area contributed by atoms with Crippen LogP contribution < -0.4 is 9.54 Å². The van der Waals surface area contributed by atoms with Gasteiger partial charge >= 0.3 is 12.1 Å². The van der Waals surface area contributed by atoms with Crippen LogP contribution in [0.4, 0.5) is 4.79 Å². The molecule has 0 atom stereocenters. The van der Waals surface area contributed by atoms with E-state index < -0.39 is 28.0 Å². The van der Waals surface area contributed by atoms with Gasteiger partial charge in [0.2, 0.25) is 10.0 Å². The maximum atomic E-state index is 13.1. The molecule has 1 saturated heterocycles. The van der Waals surface area contributed by atoms with E-state index in [9.17, 15) is 22.8 Å². The van der Waals surface area contributed by atoms with Gasteiger partial charge in [0.1, 0.15) is 17.8 Å². The second-order valence-corrected chi connectivity index (χ2v) is 11.6. The van der Waals surface area contributed by atoms with Crippen LogP contribution in [0.3, 0.4) is 0 Å². The van der Waals surface area contributed by atoms with Gasteiger partial charge in [0.25, 0.3) is 5.91 Å². The summed E-state index contributed by atoms with van der Waals surface area (Å²) < 4.78 is 45.5. The minimum absolute atomic E-state index is 0.0256. The molecule has 2 heterocycles. The van der Waals surface area contributed by atoms with Gasteiger partial charge in [-0.15, -0.1) is 0 Å². The molecule has 0 aliphatic carbocycles. The van der Waals surface area contributed by atoms with Crippen LogP contribution in [0, 0.1) is 0 Å². The van der Waals surface area contributed by atoms with Crippen molar-refractivity contribution in [1.29, 1.82) is 0 Å². The number of carbonyl (C=O) groups excluding carboxylic acids is 3. The lowest BCUT2D eigenvalue weighted by atomic mass is 10.2. The first-order valence-corrected chi connectivity index (χ1v) is 14.9. The van der Waals surface area contributed by atoms with Crippen LogP contribution in [-0.4, -0.2) is 86.7 Å². The molecule has 0 spiro atoms. The maximum Gasteiger partial charge on any atom is 0.409 e. The molecule has 0 radical (unpaired) electrons. The summed E-state index contributed by atoms with van der Waals surface area (Å²) >= 11 is 1.22. The molecule has 0 bridgehead atoms. The van der Waals surface area contributed by atoms with Crippen LogP contribution in [0.2, 0.25) is 0 Å². The number of rotatable bonds is 8. The van der Waals surface area contributed by atoms with Crippen molar-refractivity contribution in [2.24, 2.45) is 4.99 Å². The number of aromatic nitrogens is 1. The summed E-state index contributed by atoms with van der Waals surface area (Å²) in [7, 11) is -2.55. The average molecular weight is 591 g/mol. The van der Waals surface area contributed by atoms with Crippen molar-refractivity contribution in [3.63, 3.8) is 0 Å². The maximum absolute atomic E-state index is 13.1. The molecule has 0 saturated carbocycles. The van der Waals surface area contributed by atoms with Crippen molar-refractivity contribution in [2.45, 2.75) is 25.3 Å². The highest BCUT2D eigenvalue weighted by Crippen LogP contribution is 2.28. The Bertz CT molecular complexity index is 1570. The van der Waals surface area contributed by atoms with Crippen LogP contribution in [0.15, 0.2) is 52.4 Å². The molecular formula is C26H30N4O8S2. The zero-order chi connectivity index (χ0) is 28.9. The SMILES string of the molecule is CCOC(=O)N1CCN(S(=O)(=O)c2ccc(C(=O)N=c3sc4cccc(OCC)c4n3CC(=O)OC)cc2)CC1. The molecule has 0 unspecified atom stereocenters. The number of carbonyl (C=O) groups is 3. The molecule has 14 heteroatoms. The fourth-order valence-corrected chi connectivity index (χ4v) is 6.66. The molecule has 1 aromatic heterocycles. The van der Waals surface area contributed by atoms with Crippen LogP contribution in [0.25, 0.3) is 10.2 Å². The van der Waals surface area contributed by atoms with E-state index in [0.717, 1.165) is 4.70 Å². The van der Waals surface area contributed by atoms with Gasteiger partial charge in [-0.2, -0.15) is 9.30 Å². The van der Waals surface area contributed by atoms with Crippen LogP contribution >= 0.6 is 11.3 Å². The molecule has 0 N–H and O–H groups in total. The number of ether oxygens (including phenoxy) is 3. The summed E-state index contributed by atoms with van der Waals surface area (Å²) in [5.74, 6) is -0.570. The van der Waals surface area contributed by atoms with Gasteiger partial charge in [-0.1, -0.05) is 17.4 Å². The summed E-state index contributed by atoms with van der Waals surface area (Å²) in [6.45, 7) is 4.75. The average Bonchev–Trinajstić information content (AvgIpc) is 3.30. The molecule has 2 amide bonds. The molecule has 214 valence electrons. The third kappa shape index (κ3) is 6.18. The third-order valence-electron chi connectivity index (χ3n) is 6.18. The van der Waals surface area contributed by atoms with Crippen molar-refractivity contribution in [3.8, 4) is 5.75 Å². The molecular weight excluding hydrogens is 560 g/mol. The van der Waals surface area contributed by atoms with E-state index >= 15 is 0 Å². The van der Waals surface area contributed by atoms with Gasteiger partial charge in [-0.25, -0.2) is 13.2 Å². The molecule has 3 aromatic rings. The highest BCUT2D eigenvalue weighted by molar-refractivity contribution is 7.89. The number of esters is 1. The second kappa shape index (κ2) is 12.6. The van der Waals surface area contributed by atoms with Gasteiger partial charge in [-0.3, -0.25) is 9.59 Å². The number of fused-ring (bicyclic) bond motifs is 1. The topological polar surface area (TPSA) is 137 Å². The minimum atomic E-state index is -3.83. The zero-order valence-electron chi connectivity index (χ0n) is 22.4. The van der Waals surface area contributed by atoms with Gasteiger partial charge in [-0.05, 0) is 50.2 Å². The summed E-state index contributed by atoms with van der Waals surface area (Å²) in [5.41, 5.74) is 0.800. The lowest BCUT2D eigenvalue weighted by molar-refractivity contribution is -0.141. The molecule has 1 fully saturated rings. The number of methoxy groups -OCH3 is 1. The molecule has 4 rings (SSSR count). The van der Waals surface area contributed by atoms with Gasteiger partial charge in [0, 0.05) is 31.7 Å². The predicted molar refractivity (Wildman–Crippen MR) is 147 cm³/mol. The van der Waals surface area contributed by atoms with E-state index in [2.05, 4.69) is 4.99 Å². The number of para-hydroxylation sites is 1. The van der Waals surface area contributed by atoms with Gasteiger partial charge in [0.05, 0.1) is 29.9 Å². The summed E-state index contributed by atoms with van der Waals surface area (Å²) in [6, 6.07) is 10.9. The molecule has 40 heavy (non-hydrogen) atoms. The van der Waals surface area contributed by atoms with E-state index in [-0.39, 0.29) is 54.6 Å². The standard InChI is InChI=1S/C26H30N4O8S2/c1-4-37-20-7-6-8-21-23(20)30(17-22(31)36-3)25(39-21)27-24(32)18-9-11-19(12-10-18)40(34,35)29-15-13-28(14-16-29)26(33)38-5-2/h6-12H,4-5,13-17H2,1-3H3. The number of benzene rings is 2. The monoisotopic (exact) mass is 590 g/mol. The van der Waals surface area contributed by atoms with Crippen molar-refractivity contribution < 1.29 is 37.0 Å². The van der Waals surface area contributed by atoms with Crippen LogP contribution in [-0.2, 0) is 30.8 Å². The van der Waals surface area contributed by atoms with E-state index in [0.29, 0.717) is 17.9 Å². The molecule has 12 nitrogen and oxygen atoms in total. The number of hydrogen-bond acceptors (Lipinski definition) is 9. The number of hydrogen-bond donors (Lipinski definition) is 0. The largest absolute Gasteiger partial charge is 0.492 e. The second-order valence-electron chi connectivity index (χ2n) is 8.61. The van der Waals surface area contributed by atoms with Gasteiger partial charge in [0.15, 0.2) is 4.80 Å². The Hall–Kier alpha value is -3.75. The molecule has 2 aromatic carbocycles. The van der Waals surface area contributed by atoms with Crippen molar-refractivity contribution >= 4 is 49.5 Å². The third-order valence-corrected chi connectivity index (χ3v) is 9.14. The summed E-state index contributed by atoms with van der Waals surface area (Å²) in [4.78, 5) is 43.2. The smallest absolute Gasteiger partial charge is 0.409 e. The molecule has 1 aliphatic rings. The number of nitrogens with zero attached hydrogens (tertiary/aromatic N) is 4. The first-order chi connectivity index (χ1) is 19.2. The quantitative estimate of drug-likeness (QED) is 0.365. The number of thiazole rings is 1. The van der Waals surface area contributed by atoms with Gasteiger partial charge < -0.3 is 23.7 Å². The first-order valence-electron chi connectivity index (χ1n) is 12.6. The molecule has 1 aliphatic heterocycles. The number of amides is 2. The van der Waals surface area contributed by atoms with E-state index in [1.807, 2.05) is 19.1 Å². The highest BCUT2D eigenvalue weighted by Gasteiger charge is 2.30. The van der Waals surface area contributed by atoms with Crippen molar-refractivity contribution in [3.05, 3.63) is 52.8 Å². The predicted octanol–water partition coefficient (Wildman–Crippen LogP) is 2.48. The highest BCUT2D eigenvalue weighted by atomic mass is 32.2. The Morgan fingerprint density at radius 1 is 0.975 bits per heavy atom. The summed E-state index contributed by atoms with van der Waals surface area (Å²) in [6.07, 6.45) is -0.466. The Morgan fingerprint density at radius 2 is 1.68 bits per heavy atom. The van der Waals surface area contributed by atoms with E-state index in [1.54, 1.807) is 17.6 Å². The lowest BCUT2D eigenvalue weighted by Crippen LogP contribution is -2.50. The van der Waals surface area contributed by atoms with Crippen molar-refractivity contribution in [1.82, 2.24) is 13.8 Å². The Morgan fingerprint density at radius 3 is 2.30 bits per heavy atom. The van der Waals surface area contributed by atoms with E-state index in [4.69, 9.17) is 14.2 Å². The minimum Gasteiger partial charge on any atom is -0.492 e. The Kier molecular flexibility index (Phi) is 9.22. The Balaban J connectivity index is 1.58. The normalized spacial score (nSPS) is 14.8. The van der Waals surface area contributed by atoms with E-state index in [1.165, 1.54) is 51.9 Å². The van der Waals surface area contributed by atoms with Crippen molar-refractivity contribution in [2.75, 3.05) is 46.5 Å². The lowest BCUT2D eigenvalue weighted by Gasteiger charge is -2.33. The fraction of sp³-hybridized carbons (Fsp3) is 0.385. The van der Waals surface area contributed by atoms with Crippen LogP contribution in [0.1, 0.15) is 24.2 Å².